The van der Waals surface area contributed by atoms with Gasteiger partial charge in [0, 0.05) is 50.0 Å². The van der Waals surface area contributed by atoms with Crippen LogP contribution in [0.15, 0.2) is 59.3 Å². The van der Waals surface area contributed by atoms with Gasteiger partial charge >= 0.3 is 0 Å². The molecule has 0 radical (unpaired) electrons. The monoisotopic (exact) mass is 363 g/mol. The first-order chi connectivity index (χ1) is 13.1. The van der Waals surface area contributed by atoms with E-state index in [4.69, 9.17) is 4.42 Å². The number of benzene rings is 1. The third-order valence-corrected chi connectivity index (χ3v) is 5.58. The van der Waals surface area contributed by atoms with Gasteiger partial charge in [-0.3, -0.25) is 14.7 Å². The maximum Gasteiger partial charge on any atom is 0.233 e. The van der Waals surface area contributed by atoms with Gasteiger partial charge in [0.05, 0.1) is 5.92 Å². The van der Waals surface area contributed by atoms with E-state index in [1.807, 2.05) is 54.4 Å². The number of nitrogens with zero attached hydrogens (tertiary/aromatic N) is 3. The summed E-state index contributed by atoms with van der Waals surface area (Å²) in [4.78, 5) is 21.5. The molecule has 0 spiro atoms. The average Bonchev–Trinajstić information content (AvgIpc) is 3.17. The standard InChI is InChI=1S/C22H25N3O2/c1-16(21-14-18-6-3-4-8-20(18)27-21)22(26)25-12-10-24(11-13-25)17(2)19-7-5-9-23-15-19/h3-9,14-17H,10-13H2,1-2H3/t16-,17+/m1/s1. The Kier molecular flexibility index (Phi) is 4.94. The summed E-state index contributed by atoms with van der Waals surface area (Å²) in [6.45, 7) is 7.36. The van der Waals surface area contributed by atoms with Crippen LogP contribution in [0.1, 0.15) is 37.1 Å². The molecule has 5 nitrogen and oxygen atoms in total. The quantitative estimate of drug-likeness (QED) is 0.707. The van der Waals surface area contributed by atoms with Gasteiger partial charge < -0.3 is 9.32 Å². The molecule has 1 amide bonds. The zero-order valence-corrected chi connectivity index (χ0v) is 15.8. The van der Waals surface area contributed by atoms with E-state index in [9.17, 15) is 4.79 Å². The molecule has 3 aromatic rings. The minimum atomic E-state index is -0.264. The van der Waals surface area contributed by atoms with Crippen LogP contribution in [-0.2, 0) is 4.79 Å². The highest BCUT2D eigenvalue weighted by atomic mass is 16.3. The van der Waals surface area contributed by atoms with Crippen LogP contribution in [-0.4, -0.2) is 46.9 Å². The Morgan fingerprint density at radius 2 is 1.85 bits per heavy atom. The van der Waals surface area contributed by atoms with E-state index in [2.05, 4.69) is 22.9 Å². The molecule has 1 aliphatic heterocycles. The Morgan fingerprint density at radius 3 is 2.56 bits per heavy atom. The zero-order chi connectivity index (χ0) is 18.8. The van der Waals surface area contributed by atoms with Crippen molar-refractivity contribution in [3.8, 4) is 0 Å². The molecule has 2 aromatic heterocycles. The maximum atomic E-state index is 13.0. The summed E-state index contributed by atoms with van der Waals surface area (Å²) in [5, 5.41) is 1.04. The molecule has 0 N–H and O–H groups in total. The predicted molar refractivity (Wildman–Crippen MR) is 105 cm³/mol. The number of carbonyl (C=O) groups excluding carboxylic acids is 1. The third kappa shape index (κ3) is 3.60. The first kappa shape index (κ1) is 17.7. The molecule has 2 atom stereocenters. The molecular formula is C22H25N3O2. The zero-order valence-electron chi connectivity index (χ0n) is 15.8. The Bertz CT molecular complexity index is 880. The lowest BCUT2D eigenvalue weighted by Crippen LogP contribution is -2.50. The smallest absolute Gasteiger partial charge is 0.233 e. The van der Waals surface area contributed by atoms with Gasteiger partial charge in [0.1, 0.15) is 11.3 Å². The second-order valence-corrected chi connectivity index (χ2v) is 7.23. The van der Waals surface area contributed by atoms with Crippen molar-refractivity contribution >= 4 is 16.9 Å². The molecule has 5 heteroatoms. The molecule has 3 heterocycles. The van der Waals surface area contributed by atoms with E-state index < -0.39 is 0 Å². The van der Waals surface area contributed by atoms with Crippen LogP contribution < -0.4 is 0 Å². The lowest BCUT2D eigenvalue weighted by molar-refractivity contribution is -0.134. The van der Waals surface area contributed by atoms with Gasteiger partial charge in [-0.25, -0.2) is 0 Å². The molecule has 0 unspecified atom stereocenters. The summed E-state index contributed by atoms with van der Waals surface area (Å²) in [7, 11) is 0. The number of hydrogen-bond acceptors (Lipinski definition) is 4. The average molecular weight is 363 g/mol. The molecule has 0 aliphatic carbocycles. The molecule has 1 aromatic carbocycles. The van der Waals surface area contributed by atoms with Gasteiger partial charge in [0.25, 0.3) is 0 Å². The van der Waals surface area contributed by atoms with E-state index in [0.29, 0.717) is 6.04 Å². The molecule has 27 heavy (non-hydrogen) atoms. The molecule has 1 saturated heterocycles. The number of pyridine rings is 1. The fourth-order valence-corrected chi connectivity index (χ4v) is 3.77. The minimum absolute atomic E-state index is 0.141. The van der Waals surface area contributed by atoms with Gasteiger partial charge in [-0.1, -0.05) is 24.3 Å². The highest BCUT2D eigenvalue weighted by Crippen LogP contribution is 2.27. The second-order valence-electron chi connectivity index (χ2n) is 7.23. The Labute approximate surface area is 159 Å². The molecule has 1 aliphatic rings. The molecular weight excluding hydrogens is 338 g/mol. The van der Waals surface area contributed by atoms with Crippen molar-refractivity contribution in [2.45, 2.75) is 25.8 Å². The van der Waals surface area contributed by atoms with Crippen molar-refractivity contribution in [2.75, 3.05) is 26.2 Å². The maximum absolute atomic E-state index is 13.0. The first-order valence-electron chi connectivity index (χ1n) is 9.54. The summed E-state index contributed by atoms with van der Waals surface area (Å²) < 4.78 is 5.89. The number of furan rings is 1. The summed E-state index contributed by atoms with van der Waals surface area (Å²) in [5.41, 5.74) is 2.05. The summed E-state index contributed by atoms with van der Waals surface area (Å²) in [5.74, 6) is 0.620. The van der Waals surface area contributed by atoms with Gasteiger partial charge in [-0.05, 0) is 37.6 Å². The Hall–Kier alpha value is -2.66. The largest absolute Gasteiger partial charge is 0.460 e. The van der Waals surface area contributed by atoms with Crippen molar-refractivity contribution < 1.29 is 9.21 Å². The van der Waals surface area contributed by atoms with Crippen LogP contribution in [0.5, 0.6) is 0 Å². The van der Waals surface area contributed by atoms with Crippen LogP contribution >= 0.6 is 0 Å². The topological polar surface area (TPSA) is 49.6 Å². The van der Waals surface area contributed by atoms with Crippen molar-refractivity contribution in [1.29, 1.82) is 0 Å². The predicted octanol–water partition coefficient (Wildman–Crippen LogP) is 3.84. The lowest BCUT2D eigenvalue weighted by Gasteiger charge is -2.38. The summed E-state index contributed by atoms with van der Waals surface area (Å²) >= 11 is 0. The number of carbonyl (C=O) groups is 1. The summed E-state index contributed by atoms with van der Waals surface area (Å²) in [6.07, 6.45) is 3.72. The van der Waals surface area contributed by atoms with Crippen LogP contribution in [0.25, 0.3) is 11.0 Å². The van der Waals surface area contributed by atoms with Gasteiger partial charge in [-0.2, -0.15) is 0 Å². The van der Waals surface area contributed by atoms with Crippen LogP contribution in [0.3, 0.4) is 0 Å². The van der Waals surface area contributed by atoms with Crippen LogP contribution in [0.2, 0.25) is 0 Å². The summed E-state index contributed by atoms with van der Waals surface area (Å²) in [6, 6.07) is 14.3. The van der Waals surface area contributed by atoms with Crippen molar-refractivity contribution in [2.24, 2.45) is 0 Å². The number of para-hydroxylation sites is 1. The van der Waals surface area contributed by atoms with Gasteiger partial charge in [0.2, 0.25) is 5.91 Å². The number of hydrogen-bond donors (Lipinski definition) is 0. The number of amides is 1. The van der Waals surface area contributed by atoms with Crippen molar-refractivity contribution in [3.63, 3.8) is 0 Å². The first-order valence-corrected chi connectivity index (χ1v) is 9.54. The van der Waals surface area contributed by atoms with E-state index in [0.717, 1.165) is 42.9 Å². The number of piperazine rings is 1. The van der Waals surface area contributed by atoms with E-state index >= 15 is 0 Å². The molecule has 0 saturated carbocycles. The van der Waals surface area contributed by atoms with Gasteiger partial charge in [-0.15, -0.1) is 0 Å². The number of fused-ring (bicyclic) bond motifs is 1. The lowest BCUT2D eigenvalue weighted by atomic mass is 10.1. The number of aromatic nitrogens is 1. The van der Waals surface area contributed by atoms with E-state index in [1.165, 1.54) is 5.56 Å². The molecule has 0 bridgehead atoms. The van der Waals surface area contributed by atoms with Crippen molar-refractivity contribution in [3.05, 3.63) is 66.2 Å². The Morgan fingerprint density at radius 1 is 1.07 bits per heavy atom. The third-order valence-electron chi connectivity index (χ3n) is 5.58. The van der Waals surface area contributed by atoms with E-state index in [1.54, 1.807) is 6.20 Å². The van der Waals surface area contributed by atoms with Gasteiger partial charge in [0.15, 0.2) is 0 Å². The fraction of sp³-hybridized carbons (Fsp3) is 0.364. The van der Waals surface area contributed by atoms with Crippen molar-refractivity contribution in [1.82, 2.24) is 14.8 Å². The van der Waals surface area contributed by atoms with E-state index in [-0.39, 0.29) is 11.8 Å². The SMILES string of the molecule is C[C@@H](C(=O)N1CCN([C@@H](C)c2cccnc2)CC1)c1cc2ccccc2o1. The van der Waals surface area contributed by atoms with Crippen LogP contribution in [0.4, 0.5) is 0 Å². The fourth-order valence-electron chi connectivity index (χ4n) is 3.77. The highest BCUT2D eigenvalue weighted by Gasteiger charge is 2.29. The molecule has 140 valence electrons. The highest BCUT2D eigenvalue weighted by molar-refractivity contribution is 5.85. The van der Waals surface area contributed by atoms with Crippen LogP contribution in [0, 0.1) is 0 Å². The second kappa shape index (κ2) is 7.53. The molecule has 1 fully saturated rings. The minimum Gasteiger partial charge on any atom is -0.460 e. The molecule has 4 rings (SSSR count). The Balaban J connectivity index is 1.39. The normalized spacial score (nSPS) is 17.8. The number of rotatable bonds is 4.